The van der Waals surface area contributed by atoms with Crippen molar-refractivity contribution in [3.05, 3.63) is 63.7 Å². The quantitative estimate of drug-likeness (QED) is 0.696. The van der Waals surface area contributed by atoms with Gasteiger partial charge in [-0.15, -0.1) is 0 Å². The van der Waals surface area contributed by atoms with Gasteiger partial charge in [-0.2, -0.15) is 0 Å². The summed E-state index contributed by atoms with van der Waals surface area (Å²) in [5, 5.41) is 12.5. The molecule has 0 atom stereocenters. The normalized spacial score (nSPS) is 16.0. The third-order valence-corrected chi connectivity index (χ3v) is 5.79. The van der Waals surface area contributed by atoms with E-state index in [-0.39, 0.29) is 22.6 Å². The molecule has 2 N–H and O–H groups in total. The van der Waals surface area contributed by atoms with E-state index in [2.05, 4.69) is 12.2 Å². The van der Waals surface area contributed by atoms with E-state index in [0.29, 0.717) is 16.1 Å². The average Bonchev–Trinajstić information content (AvgIpc) is 2.64. The van der Waals surface area contributed by atoms with Crippen molar-refractivity contribution in [1.29, 1.82) is 0 Å². The van der Waals surface area contributed by atoms with Crippen LogP contribution in [0.15, 0.2) is 36.4 Å². The summed E-state index contributed by atoms with van der Waals surface area (Å²) in [7, 11) is 0. The summed E-state index contributed by atoms with van der Waals surface area (Å²) >= 11 is 5.95. The van der Waals surface area contributed by atoms with Crippen molar-refractivity contribution in [2.75, 3.05) is 5.32 Å². The van der Waals surface area contributed by atoms with Crippen molar-refractivity contribution in [1.82, 2.24) is 0 Å². The summed E-state index contributed by atoms with van der Waals surface area (Å²) < 4.78 is 0. The van der Waals surface area contributed by atoms with Crippen molar-refractivity contribution in [3.63, 3.8) is 0 Å². The number of carbonyl (C=O) groups is 2. The summed E-state index contributed by atoms with van der Waals surface area (Å²) in [6, 6.07) is 10.7. The number of halogens is 1. The fraction of sp³-hybridized carbons (Fsp3) is 0.364. The number of benzene rings is 2. The molecule has 0 aliphatic heterocycles. The van der Waals surface area contributed by atoms with Crippen molar-refractivity contribution in [2.24, 2.45) is 0 Å². The Balaban J connectivity index is 1.82. The number of aryl methyl sites for hydroxylation is 1. The summed E-state index contributed by atoms with van der Waals surface area (Å²) in [6.45, 7) is 4.01. The molecule has 1 fully saturated rings. The number of carboxylic acid groups (broad SMARTS) is 1. The van der Waals surface area contributed by atoms with Crippen LogP contribution in [0.2, 0.25) is 5.02 Å². The Morgan fingerprint density at radius 3 is 2.30 bits per heavy atom. The molecule has 0 heterocycles. The topological polar surface area (TPSA) is 66.4 Å². The molecule has 0 bridgehead atoms. The van der Waals surface area contributed by atoms with E-state index in [1.165, 1.54) is 43.7 Å². The molecule has 0 radical (unpaired) electrons. The first-order valence-corrected chi connectivity index (χ1v) is 9.63. The van der Waals surface area contributed by atoms with Crippen LogP contribution in [-0.4, -0.2) is 17.0 Å². The minimum Gasteiger partial charge on any atom is -0.478 e. The lowest BCUT2D eigenvalue weighted by atomic mass is 9.71. The summed E-state index contributed by atoms with van der Waals surface area (Å²) in [5.41, 5.74) is 2.81. The smallest absolute Gasteiger partial charge is 0.337 e. The maximum Gasteiger partial charge on any atom is 0.337 e. The largest absolute Gasteiger partial charge is 0.478 e. The summed E-state index contributed by atoms with van der Waals surface area (Å²) in [6.07, 6.45) is 6.12. The van der Waals surface area contributed by atoms with Gasteiger partial charge in [-0.3, -0.25) is 4.79 Å². The van der Waals surface area contributed by atoms with Gasteiger partial charge in [0.15, 0.2) is 0 Å². The number of aromatic carboxylic acids is 1. The number of anilines is 1. The zero-order valence-electron chi connectivity index (χ0n) is 15.6. The Labute approximate surface area is 164 Å². The monoisotopic (exact) mass is 385 g/mol. The number of carboxylic acids is 1. The predicted octanol–water partition coefficient (Wildman–Crippen LogP) is 5.82. The van der Waals surface area contributed by atoms with E-state index < -0.39 is 5.97 Å². The molecule has 1 aliphatic carbocycles. The third kappa shape index (κ3) is 4.16. The first-order chi connectivity index (χ1) is 12.8. The molecule has 2 aromatic carbocycles. The van der Waals surface area contributed by atoms with Gasteiger partial charge >= 0.3 is 5.97 Å². The molecule has 3 rings (SSSR count). The average molecular weight is 386 g/mol. The number of nitrogens with one attached hydrogen (secondary N) is 1. The molecule has 4 nitrogen and oxygen atoms in total. The molecular formula is C22H24ClNO3. The maximum absolute atomic E-state index is 12.7. The van der Waals surface area contributed by atoms with Crippen LogP contribution in [0.4, 0.5) is 5.69 Å². The second-order valence-electron chi connectivity index (χ2n) is 7.60. The number of hydrogen-bond donors (Lipinski definition) is 2. The molecule has 1 saturated carbocycles. The second kappa shape index (κ2) is 7.73. The van der Waals surface area contributed by atoms with Crippen LogP contribution >= 0.6 is 11.6 Å². The molecular weight excluding hydrogens is 362 g/mol. The van der Waals surface area contributed by atoms with Gasteiger partial charge in [-0.1, -0.05) is 49.9 Å². The van der Waals surface area contributed by atoms with Crippen molar-refractivity contribution in [2.45, 2.75) is 51.4 Å². The molecule has 0 aromatic heterocycles. The second-order valence-corrected chi connectivity index (χ2v) is 8.04. The van der Waals surface area contributed by atoms with E-state index in [4.69, 9.17) is 11.6 Å². The number of carbonyl (C=O) groups excluding carboxylic acids is 1. The number of amides is 1. The zero-order valence-corrected chi connectivity index (χ0v) is 16.4. The Hall–Kier alpha value is -2.33. The minimum absolute atomic E-state index is 0.0142. The zero-order chi connectivity index (χ0) is 19.6. The van der Waals surface area contributed by atoms with E-state index >= 15 is 0 Å². The van der Waals surface area contributed by atoms with Crippen molar-refractivity contribution >= 4 is 29.2 Å². The first kappa shape index (κ1) is 19.4. The number of rotatable bonds is 4. The SMILES string of the molecule is Cc1cc(Cl)cc(C(=O)O)c1NC(=O)c1ccc(C2(C)CCCCC2)cc1. The molecule has 142 valence electrons. The van der Waals surface area contributed by atoms with Crippen LogP contribution in [0.3, 0.4) is 0 Å². The lowest BCUT2D eigenvalue weighted by Gasteiger charge is -2.34. The fourth-order valence-corrected chi connectivity index (χ4v) is 4.18. The standard InChI is InChI=1S/C22H24ClNO3/c1-14-12-17(23)13-18(21(26)27)19(14)24-20(25)15-6-8-16(9-7-15)22(2)10-4-3-5-11-22/h6-9,12-13H,3-5,10-11H2,1-2H3,(H,24,25)(H,26,27). The highest BCUT2D eigenvalue weighted by atomic mass is 35.5. The Kier molecular flexibility index (Phi) is 5.56. The van der Waals surface area contributed by atoms with Crippen molar-refractivity contribution < 1.29 is 14.7 Å². The van der Waals surface area contributed by atoms with E-state index in [1.54, 1.807) is 13.0 Å². The Morgan fingerprint density at radius 2 is 1.70 bits per heavy atom. The van der Waals surface area contributed by atoms with Gasteiger partial charge in [0.1, 0.15) is 0 Å². The highest BCUT2D eigenvalue weighted by Gasteiger charge is 2.28. The van der Waals surface area contributed by atoms with Crippen LogP contribution in [0.25, 0.3) is 0 Å². The van der Waals surface area contributed by atoms with Gasteiger partial charge in [-0.25, -0.2) is 4.79 Å². The van der Waals surface area contributed by atoms with Crippen LogP contribution in [0.1, 0.15) is 70.9 Å². The van der Waals surface area contributed by atoms with Crippen LogP contribution < -0.4 is 5.32 Å². The predicted molar refractivity (Wildman–Crippen MR) is 108 cm³/mol. The molecule has 5 heteroatoms. The highest BCUT2D eigenvalue weighted by molar-refractivity contribution is 6.31. The van der Waals surface area contributed by atoms with Crippen LogP contribution in [0, 0.1) is 6.92 Å². The van der Waals surface area contributed by atoms with Crippen LogP contribution in [0.5, 0.6) is 0 Å². The lowest BCUT2D eigenvalue weighted by molar-refractivity contribution is 0.0698. The molecule has 2 aromatic rings. The van der Waals surface area contributed by atoms with Gasteiger partial charge in [0.25, 0.3) is 5.91 Å². The maximum atomic E-state index is 12.7. The molecule has 1 aliphatic rings. The van der Waals surface area contributed by atoms with E-state index in [9.17, 15) is 14.7 Å². The molecule has 0 spiro atoms. The van der Waals surface area contributed by atoms with Crippen LogP contribution in [-0.2, 0) is 5.41 Å². The molecule has 0 unspecified atom stereocenters. The summed E-state index contributed by atoms with van der Waals surface area (Å²) in [5.74, 6) is -1.46. The Bertz CT molecular complexity index is 868. The fourth-order valence-electron chi connectivity index (χ4n) is 3.91. The summed E-state index contributed by atoms with van der Waals surface area (Å²) in [4.78, 5) is 24.1. The third-order valence-electron chi connectivity index (χ3n) is 5.57. The molecule has 1 amide bonds. The van der Waals surface area contributed by atoms with E-state index in [1.807, 2.05) is 24.3 Å². The van der Waals surface area contributed by atoms with E-state index in [0.717, 1.165) is 0 Å². The van der Waals surface area contributed by atoms with Gasteiger partial charge in [0.05, 0.1) is 11.3 Å². The van der Waals surface area contributed by atoms with Crippen molar-refractivity contribution in [3.8, 4) is 0 Å². The first-order valence-electron chi connectivity index (χ1n) is 9.25. The Morgan fingerprint density at radius 1 is 1.07 bits per heavy atom. The van der Waals surface area contributed by atoms with Gasteiger partial charge in [0, 0.05) is 10.6 Å². The molecule has 0 saturated heterocycles. The van der Waals surface area contributed by atoms with Gasteiger partial charge < -0.3 is 10.4 Å². The van der Waals surface area contributed by atoms with Gasteiger partial charge in [0.2, 0.25) is 0 Å². The molecule has 27 heavy (non-hydrogen) atoms. The van der Waals surface area contributed by atoms with Gasteiger partial charge in [-0.05, 0) is 60.6 Å². The minimum atomic E-state index is -1.13. The number of hydrogen-bond acceptors (Lipinski definition) is 2. The highest BCUT2D eigenvalue weighted by Crippen LogP contribution is 2.39. The lowest BCUT2D eigenvalue weighted by Crippen LogP contribution is -2.25.